The topological polar surface area (TPSA) is 202 Å². The number of piperidine rings is 1. The zero-order chi connectivity index (χ0) is 51.4. The number of aryl methyl sites for hydroxylation is 1. The Labute approximate surface area is 440 Å². The van der Waals surface area contributed by atoms with E-state index in [1.807, 2.05) is 18.2 Å². The maximum Gasteiger partial charge on any atom is 0.160 e. The van der Waals surface area contributed by atoms with Gasteiger partial charge >= 0.3 is 0 Å². The van der Waals surface area contributed by atoms with E-state index >= 15 is 4.79 Å². The van der Waals surface area contributed by atoms with Crippen LogP contribution < -0.4 is 26.4 Å². The molecule has 75 heavy (non-hydrogen) atoms. The van der Waals surface area contributed by atoms with Crippen LogP contribution in [-0.2, 0) is 16.0 Å². The van der Waals surface area contributed by atoms with Crippen LogP contribution in [0.4, 0.5) is 0 Å². The summed E-state index contributed by atoms with van der Waals surface area (Å²) >= 11 is 0. The number of carbonyl (C=O) groups is 2. The number of rotatable bonds is 11. The number of aliphatic hydroxyl groups is 3. The fraction of sp³-hybridized carbons (Fsp3) is 0.524. The molecule has 0 bridgehead atoms. The Hall–Kier alpha value is -5.68. The number of aliphatic hydroxyl groups excluding tert-OH is 3. The van der Waals surface area contributed by atoms with Crippen LogP contribution in [0, 0.1) is 70.5 Å². The zero-order valence-electron chi connectivity index (χ0n) is 43.2. The van der Waals surface area contributed by atoms with Crippen LogP contribution in [0.3, 0.4) is 0 Å². The molecule has 18 atom stereocenters. The average molecular weight is 1010 g/mol. The van der Waals surface area contributed by atoms with Crippen LogP contribution in [0.25, 0.3) is 16.8 Å². The number of benzene rings is 3. The first-order chi connectivity index (χ1) is 36.5. The first-order valence-corrected chi connectivity index (χ1v) is 28.2. The van der Waals surface area contributed by atoms with Gasteiger partial charge in [-0.3, -0.25) is 9.59 Å². The van der Waals surface area contributed by atoms with E-state index in [0.717, 1.165) is 66.4 Å². The largest absolute Gasteiger partial charge is 0.504 e. The van der Waals surface area contributed by atoms with Crippen molar-refractivity contribution in [3.63, 3.8) is 0 Å². The second-order valence-corrected chi connectivity index (χ2v) is 24.0. The molecule has 4 saturated carbocycles. The number of aromatic nitrogens is 1. The van der Waals surface area contributed by atoms with Crippen molar-refractivity contribution in [2.45, 2.75) is 113 Å². The van der Waals surface area contributed by atoms with Gasteiger partial charge in [-0.15, -0.1) is 0 Å². The Bertz CT molecular complexity index is 3090. The molecule has 2 aliphatic heterocycles. The van der Waals surface area contributed by atoms with E-state index in [2.05, 4.69) is 94.5 Å². The number of methoxy groups -OCH3 is 1. The predicted octanol–water partition coefficient (Wildman–Crippen LogP) is 7.06. The second kappa shape index (κ2) is 19.1. The maximum absolute atomic E-state index is 15.2. The highest BCUT2D eigenvalue weighted by molar-refractivity contribution is 5.90. The molecule has 12 nitrogen and oxygen atoms in total. The number of phenols is 1. The summed E-state index contributed by atoms with van der Waals surface area (Å²) in [5.41, 5.74) is 12.4. The van der Waals surface area contributed by atoms with Crippen molar-refractivity contribution < 1.29 is 34.8 Å². The third-order valence-corrected chi connectivity index (χ3v) is 20.8. The number of carbonyl (C=O) groups excluding carboxylic acids is 2. The maximum atomic E-state index is 15.2. The van der Waals surface area contributed by atoms with E-state index < -0.39 is 29.6 Å². The number of aromatic hydroxyl groups is 1. The molecule has 12 heteroatoms. The van der Waals surface area contributed by atoms with Gasteiger partial charge in [0.1, 0.15) is 11.2 Å². The number of ketones is 2. The third-order valence-electron chi connectivity index (χ3n) is 20.8. The molecule has 0 amide bonds. The molecule has 1 spiro atoms. The molecular formula is C63H73N5O7. The van der Waals surface area contributed by atoms with Crippen LogP contribution in [0.1, 0.15) is 115 Å². The summed E-state index contributed by atoms with van der Waals surface area (Å²) in [5.74, 6) is 10.0. The molecule has 5 fully saturated rings. The van der Waals surface area contributed by atoms with Gasteiger partial charge in [0, 0.05) is 66.9 Å². The van der Waals surface area contributed by atoms with Crippen LogP contribution >= 0.6 is 0 Å². The number of nitrogens with one attached hydrogen (secondary N) is 4. The number of hydrogen-bond acceptors (Lipinski definition) is 11. The quantitative estimate of drug-likeness (QED) is 0.0697. The molecule has 0 unspecified atom stereocenters. The Morgan fingerprint density at radius 2 is 1.77 bits per heavy atom. The fourth-order valence-corrected chi connectivity index (χ4v) is 17.6. The Morgan fingerprint density at radius 1 is 0.947 bits per heavy atom. The molecule has 3 heterocycles. The molecule has 1 saturated heterocycles. The van der Waals surface area contributed by atoms with Gasteiger partial charge in [-0.2, -0.15) is 0 Å². The summed E-state index contributed by atoms with van der Waals surface area (Å²) in [6.07, 6.45) is 11.5. The van der Waals surface area contributed by atoms with Crippen molar-refractivity contribution >= 4 is 28.4 Å². The van der Waals surface area contributed by atoms with Gasteiger partial charge in [0.15, 0.2) is 17.3 Å². The lowest BCUT2D eigenvalue weighted by Crippen LogP contribution is -2.68. The molecule has 7 aliphatic carbocycles. The average Bonchev–Trinajstić information content (AvgIpc) is 3.88. The first kappa shape index (κ1) is 48.9. The summed E-state index contributed by atoms with van der Waals surface area (Å²) in [4.78, 5) is 32.8. The standard InChI is InChI=1S/C63H73N5O7/c1-3-65-30-46-56-39(45-31-67-47-28-48(69)42-12-10-38-29-68-61-55(38)57(42)60(47)58(45)59(46)61)13-14-41-40(56)17-20-63(62(41)74)19-16-36(44-27-51(72)52(75-2)24-35(44)11-15-53(63)73)23-49(70)50(71)26-43(37-18-21-66-54(64)25-37)34-9-8-32-6-4-5-7-33(32)22-34/h4-10,12,18,22,24-25,27,29,36,39-43,45-47,49-50,56-60,62,65-68,70-72,74H,3,11,13-15,17,20-21,23,26,28,30-31,64H2,1-2H3/t36-,39-,40+,41+,42+,43+,45+,46+,47-,49+,50-,56+,57+,58-,59-,60+,62-,63+/m1/s1. The normalized spacial score (nSPS) is 36.1. The van der Waals surface area contributed by atoms with E-state index in [1.165, 1.54) is 23.9 Å². The molecule has 3 aromatic carbocycles. The first-order valence-electron chi connectivity index (χ1n) is 28.2. The second-order valence-electron chi connectivity index (χ2n) is 24.0. The van der Waals surface area contributed by atoms with Crippen LogP contribution in [0.5, 0.6) is 11.5 Å². The minimum atomic E-state index is -1.32. The molecular weight excluding hydrogens is 939 g/mol. The lowest BCUT2D eigenvalue weighted by molar-refractivity contribution is -0.166. The lowest BCUT2D eigenvalue weighted by atomic mass is 9.39. The Kier molecular flexibility index (Phi) is 12.5. The van der Waals surface area contributed by atoms with Gasteiger partial charge in [-0.05, 0) is 174 Å². The van der Waals surface area contributed by atoms with Crippen LogP contribution in [0.15, 0.2) is 90.4 Å². The molecule has 1 aromatic heterocycles. The molecule has 13 rings (SSSR count). The number of phenolic OH excluding ortho intramolecular Hbond substituents is 1. The van der Waals surface area contributed by atoms with E-state index in [-0.39, 0.29) is 72.2 Å². The van der Waals surface area contributed by atoms with Crippen molar-refractivity contribution in [1.82, 2.24) is 20.9 Å². The number of allylic oxidation sites excluding steroid dienone is 3. The van der Waals surface area contributed by atoms with Gasteiger partial charge in [0.05, 0.1) is 31.2 Å². The number of hydrogen-bond donors (Lipinski definition) is 9. The third kappa shape index (κ3) is 7.88. The zero-order valence-corrected chi connectivity index (χ0v) is 43.2. The molecule has 9 aliphatic rings. The van der Waals surface area contributed by atoms with E-state index in [0.29, 0.717) is 84.4 Å². The van der Waals surface area contributed by atoms with Crippen LogP contribution in [0.2, 0.25) is 0 Å². The van der Waals surface area contributed by atoms with Crippen LogP contribution in [-0.4, -0.2) is 94.6 Å². The summed E-state index contributed by atoms with van der Waals surface area (Å²) in [7, 11) is 1.50. The Balaban J connectivity index is 0.827. The fourth-order valence-electron chi connectivity index (χ4n) is 17.6. The van der Waals surface area contributed by atoms with Gasteiger partial charge in [-0.25, -0.2) is 0 Å². The molecule has 0 radical (unpaired) electrons. The molecule has 10 N–H and O–H groups in total. The number of Topliss-reactive ketones (excluding diaryl/α,β-unsaturated/α-hetero) is 2. The smallest absolute Gasteiger partial charge is 0.160 e. The van der Waals surface area contributed by atoms with Gasteiger partial charge in [-0.1, -0.05) is 79.5 Å². The van der Waals surface area contributed by atoms with Crippen molar-refractivity contribution in [2.24, 2.45) is 64.4 Å². The number of ether oxygens (including phenoxy) is 1. The van der Waals surface area contributed by atoms with Crippen molar-refractivity contribution in [2.75, 3.05) is 33.3 Å². The summed E-state index contributed by atoms with van der Waals surface area (Å²) in [5, 5.41) is 62.0. The summed E-state index contributed by atoms with van der Waals surface area (Å²) in [6.45, 7) is 5.38. The Morgan fingerprint density at radius 3 is 2.60 bits per heavy atom. The number of nitrogens with two attached hydrogens (primary N) is 1. The van der Waals surface area contributed by atoms with Gasteiger partial charge in [0.2, 0.25) is 0 Å². The molecule has 392 valence electrons. The highest BCUT2D eigenvalue weighted by Crippen LogP contribution is 2.69. The minimum Gasteiger partial charge on any atom is -0.504 e. The van der Waals surface area contributed by atoms with Gasteiger partial charge in [0.25, 0.3) is 0 Å². The van der Waals surface area contributed by atoms with Crippen molar-refractivity contribution in [1.29, 1.82) is 0 Å². The predicted molar refractivity (Wildman–Crippen MR) is 288 cm³/mol. The van der Waals surface area contributed by atoms with Gasteiger partial charge < -0.3 is 51.8 Å². The SMILES string of the molecule is CCNC[C@@H]1[C@H]2c3[nH]cc4c3[C@H]3[C@H]5[C@@H]2[C@@H](CN[C@@H]5CC(=O)[C@@H]3C=C4)[C@H]2CC[C@H]3[C@H](CC[C@]4(C#C[C@H](C[C@H](O)[C@H](O)C[C@H](C5=CCNC(N)=C5)c5ccc6ccccc6c5)c5cc(O)c(OC)cc5CCC4=O)[C@@H]3O)[C@H]21. The highest BCUT2D eigenvalue weighted by atomic mass is 16.5. The van der Waals surface area contributed by atoms with E-state index in [4.69, 9.17) is 10.5 Å². The number of aromatic amines is 1. The highest BCUT2D eigenvalue weighted by Gasteiger charge is 2.67. The monoisotopic (exact) mass is 1010 g/mol. The van der Waals surface area contributed by atoms with E-state index in [9.17, 15) is 25.2 Å². The van der Waals surface area contributed by atoms with Crippen molar-refractivity contribution in [3.05, 3.63) is 124 Å². The number of dihydropyridines is 1. The minimum absolute atomic E-state index is 0.0338. The number of fused-ring (bicyclic) bond motifs is 7. The number of H-pyrrole nitrogens is 1. The lowest BCUT2D eigenvalue weighted by Gasteiger charge is -2.67. The molecule has 4 aromatic rings. The summed E-state index contributed by atoms with van der Waals surface area (Å²) in [6, 6.07) is 18.1. The summed E-state index contributed by atoms with van der Waals surface area (Å²) < 4.78 is 5.60. The van der Waals surface area contributed by atoms with Crippen molar-refractivity contribution in [3.8, 4) is 23.3 Å². The van der Waals surface area contributed by atoms with E-state index in [1.54, 1.807) is 12.1 Å².